The van der Waals surface area contributed by atoms with Crippen LogP contribution in [0, 0.1) is 34.5 Å². The molecule has 8 atom stereocenters. The normalized spacial score (nSPS) is 43.0. The summed E-state index contributed by atoms with van der Waals surface area (Å²) >= 11 is 0. The van der Waals surface area contributed by atoms with Crippen LogP contribution in [-0.4, -0.2) is 38.7 Å². The van der Waals surface area contributed by atoms with Crippen LogP contribution in [-0.2, 0) is 18.7 Å². The quantitative estimate of drug-likeness (QED) is 0.351. The molecule has 0 amide bonds. The summed E-state index contributed by atoms with van der Waals surface area (Å²) in [6.45, 7) is 26.1. The summed E-state index contributed by atoms with van der Waals surface area (Å²) in [7, 11) is -2.01. The SMILES string of the molecule is CC(C)[Si](OC[C@@]12CC[C@H]3[C@H](C)C(=O)C=C[C@]3(C)[C@H]1[C@@H]1OC(C)(C)O[C@@H]1[C@H](C)C2)(C(C)C)C(C)C. The van der Waals surface area contributed by atoms with E-state index in [1.807, 2.05) is 6.08 Å². The lowest BCUT2D eigenvalue weighted by atomic mass is 9.43. The summed E-state index contributed by atoms with van der Waals surface area (Å²) in [5, 5.41) is 0. The Hall–Kier alpha value is -0.493. The number of hydrogen-bond donors (Lipinski definition) is 0. The van der Waals surface area contributed by atoms with E-state index in [2.05, 4.69) is 82.2 Å². The third kappa shape index (κ3) is 4.15. The average molecular weight is 505 g/mol. The molecular formula is C30H52O4Si. The van der Waals surface area contributed by atoms with Gasteiger partial charge in [0.1, 0.15) is 0 Å². The van der Waals surface area contributed by atoms with Crippen LogP contribution in [0.25, 0.3) is 0 Å². The highest BCUT2D eigenvalue weighted by atomic mass is 28.4. The first-order valence-corrected chi connectivity index (χ1v) is 16.5. The highest BCUT2D eigenvalue weighted by molar-refractivity contribution is 6.77. The van der Waals surface area contributed by atoms with E-state index in [9.17, 15) is 4.79 Å². The van der Waals surface area contributed by atoms with Crippen LogP contribution in [0.15, 0.2) is 12.2 Å². The van der Waals surface area contributed by atoms with Gasteiger partial charge in [0.15, 0.2) is 19.9 Å². The second-order valence-electron chi connectivity index (χ2n) is 14.2. The molecule has 0 bridgehead atoms. The van der Waals surface area contributed by atoms with Crippen LogP contribution >= 0.6 is 0 Å². The zero-order valence-corrected chi connectivity index (χ0v) is 25.3. The summed E-state index contributed by atoms with van der Waals surface area (Å²) in [6, 6.07) is 0. The Bertz CT molecular complexity index is 826. The summed E-state index contributed by atoms with van der Waals surface area (Å²) in [4.78, 5) is 12.7. The third-order valence-electron chi connectivity index (χ3n) is 10.8. The highest BCUT2D eigenvalue weighted by Gasteiger charge is 2.67. The smallest absolute Gasteiger partial charge is 0.200 e. The fourth-order valence-electron chi connectivity index (χ4n) is 9.62. The molecule has 35 heavy (non-hydrogen) atoms. The van der Waals surface area contributed by atoms with E-state index in [4.69, 9.17) is 13.9 Å². The molecule has 0 N–H and O–H groups in total. The lowest BCUT2D eigenvalue weighted by Gasteiger charge is -2.63. The monoisotopic (exact) mass is 504 g/mol. The first-order chi connectivity index (χ1) is 16.1. The van der Waals surface area contributed by atoms with Crippen molar-refractivity contribution >= 4 is 14.1 Å². The van der Waals surface area contributed by atoms with Gasteiger partial charge in [-0.25, -0.2) is 0 Å². The lowest BCUT2D eigenvalue weighted by molar-refractivity contribution is -0.188. The van der Waals surface area contributed by atoms with Gasteiger partial charge >= 0.3 is 0 Å². The van der Waals surface area contributed by atoms with Gasteiger partial charge in [0, 0.05) is 18.4 Å². The summed E-state index contributed by atoms with van der Waals surface area (Å²) in [6.07, 6.45) is 7.57. The summed E-state index contributed by atoms with van der Waals surface area (Å²) < 4.78 is 20.7. The molecule has 4 nitrogen and oxygen atoms in total. The van der Waals surface area contributed by atoms with Gasteiger partial charge in [-0.3, -0.25) is 4.79 Å². The Labute approximate surface area is 216 Å². The van der Waals surface area contributed by atoms with Crippen molar-refractivity contribution in [2.24, 2.45) is 34.5 Å². The number of allylic oxidation sites excluding steroid dienone is 2. The second-order valence-corrected chi connectivity index (χ2v) is 19.7. The second kappa shape index (κ2) is 9.06. The van der Waals surface area contributed by atoms with Crippen LogP contribution in [0.1, 0.15) is 95.4 Å². The van der Waals surface area contributed by atoms with E-state index in [0.717, 1.165) is 25.9 Å². The van der Waals surface area contributed by atoms with Gasteiger partial charge in [0.2, 0.25) is 0 Å². The Kier molecular flexibility index (Phi) is 7.13. The Morgan fingerprint density at radius 3 is 2.14 bits per heavy atom. The fourth-order valence-corrected chi connectivity index (χ4v) is 15.2. The molecule has 5 heteroatoms. The minimum Gasteiger partial charge on any atom is -0.415 e. The van der Waals surface area contributed by atoms with Crippen molar-refractivity contribution in [3.63, 3.8) is 0 Å². The van der Waals surface area contributed by atoms with Gasteiger partial charge < -0.3 is 13.9 Å². The van der Waals surface area contributed by atoms with Gasteiger partial charge in [0.25, 0.3) is 0 Å². The average Bonchev–Trinajstić information content (AvgIpc) is 3.06. The zero-order valence-electron chi connectivity index (χ0n) is 24.3. The Balaban J connectivity index is 1.80. The van der Waals surface area contributed by atoms with Crippen LogP contribution in [0.5, 0.6) is 0 Å². The van der Waals surface area contributed by atoms with E-state index < -0.39 is 14.1 Å². The molecular weight excluding hydrogens is 452 g/mol. The van der Waals surface area contributed by atoms with Gasteiger partial charge in [0.05, 0.1) is 12.2 Å². The number of rotatable bonds is 6. The summed E-state index contributed by atoms with van der Waals surface area (Å²) in [5.41, 5.74) is 1.64. The van der Waals surface area contributed by atoms with Gasteiger partial charge in [-0.2, -0.15) is 0 Å². The fraction of sp³-hybridized carbons (Fsp3) is 0.900. The third-order valence-corrected chi connectivity index (χ3v) is 16.9. The molecule has 0 aromatic heterocycles. The molecule has 4 rings (SSSR count). The lowest BCUT2D eigenvalue weighted by Crippen LogP contribution is -2.64. The maximum atomic E-state index is 12.7. The van der Waals surface area contributed by atoms with Crippen molar-refractivity contribution in [1.82, 2.24) is 0 Å². The summed E-state index contributed by atoms with van der Waals surface area (Å²) in [5.74, 6) is 0.819. The Morgan fingerprint density at radius 2 is 1.57 bits per heavy atom. The molecule has 1 heterocycles. The molecule has 200 valence electrons. The number of hydrogen-bond acceptors (Lipinski definition) is 4. The molecule has 0 aromatic rings. The number of carbonyl (C=O) groups is 1. The first kappa shape index (κ1) is 27.5. The largest absolute Gasteiger partial charge is 0.415 e. The zero-order chi connectivity index (χ0) is 26.1. The molecule has 2 saturated carbocycles. The minimum atomic E-state index is -2.01. The topological polar surface area (TPSA) is 44.8 Å². The molecule has 3 aliphatic carbocycles. The molecule has 0 unspecified atom stereocenters. The van der Waals surface area contributed by atoms with Crippen molar-refractivity contribution < 1.29 is 18.7 Å². The van der Waals surface area contributed by atoms with Gasteiger partial charge in [-0.05, 0) is 78.5 Å². The van der Waals surface area contributed by atoms with E-state index in [-0.39, 0.29) is 40.7 Å². The van der Waals surface area contributed by atoms with Crippen molar-refractivity contribution in [2.75, 3.05) is 6.61 Å². The molecule has 0 spiro atoms. The number of fused-ring (bicyclic) bond motifs is 5. The Morgan fingerprint density at radius 1 is 1.00 bits per heavy atom. The number of carbonyl (C=O) groups excluding carboxylic acids is 1. The maximum absolute atomic E-state index is 12.7. The standard InChI is InChI=1S/C30H52O4Si/c1-18(2)35(19(3)4,20(5)6)32-17-30-15-12-23-22(8)24(31)13-14-29(23,11)27(30)26-25(21(7)16-30)33-28(9,10)34-26/h13-14,18-23,25-27H,12,15-17H2,1-11H3/t21-,22+,23+,25-,26-,27-,29+,30+/m1/s1. The molecule has 4 aliphatic rings. The predicted molar refractivity (Wildman–Crippen MR) is 145 cm³/mol. The van der Waals surface area contributed by atoms with E-state index >= 15 is 0 Å². The van der Waals surface area contributed by atoms with Crippen LogP contribution < -0.4 is 0 Å². The van der Waals surface area contributed by atoms with Crippen molar-refractivity contribution in [3.8, 4) is 0 Å². The first-order valence-electron chi connectivity index (χ1n) is 14.3. The predicted octanol–water partition coefficient (Wildman–Crippen LogP) is 7.53. The van der Waals surface area contributed by atoms with Crippen LogP contribution in [0.2, 0.25) is 16.6 Å². The molecule has 1 saturated heterocycles. The number of ketones is 1. The van der Waals surface area contributed by atoms with Crippen molar-refractivity contribution in [2.45, 2.75) is 130 Å². The van der Waals surface area contributed by atoms with Crippen molar-refractivity contribution in [3.05, 3.63) is 12.2 Å². The molecule has 1 aliphatic heterocycles. The van der Waals surface area contributed by atoms with Crippen LogP contribution in [0.3, 0.4) is 0 Å². The van der Waals surface area contributed by atoms with E-state index in [0.29, 0.717) is 28.5 Å². The molecule has 0 radical (unpaired) electrons. The molecule has 0 aromatic carbocycles. The van der Waals surface area contributed by atoms with E-state index in [1.54, 1.807) is 0 Å². The van der Waals surface area contributed by atoms with Gasteiger partial charge in [-0.1, -0.05) is 68.4 Å². The molecule has 3 fully saturated rings. The van der Waals surface area contributed by atoms with Crippen LogP contribution in [0.4, 0.5) is 0 Å². The minimum absolute atomic E-state index is 0.0309. The highest BCUT2D eigenvalue weighted by Crippen LogP contribution is 2.66. The van der Waals surface area contributed by atoms with E-state index in [1.165, 1.54) is 0 Å². The number of ether oxygens (including phenoxy) is 2. The van der Waals surface area contributed by atoms with Crippen molar-refractivity contribution in [1.29, 1.82) is 0 Å². The maximum Gasteiger partial charge on any atom is 0.200 e. The van der Waals surface area contributed by atoms with Gasteiger partial charge in [-0.15, -0.1) is 0 Å².